The molecular weight excluding hydrogens is 523 g/mol. The Bertz CT molecular complexity index is 1530. The van der Waals surface area contributed by atoms with E-state index in [1.54, 1.807) is 19.9 Å². The van der Waals surface area contributed by atoms with E-state index < -0.39 is 11.5 Å². The standard InChI is InChI=1S/C31H37FN6O3/c1-18-9-10-21(14-22(18)32)37-16-30(4,5)26-27(37)33-15-23(35-26)28(39)38-12-11-36(17-31(38,6)7)24-13-19(2)25(20(3)34-24)29(40)41-8/h9-10,13-15H,11-12,16-17H2,1-8H3. The molecule has 0 N–H and O–H groups in total. The number of anilines is 3. The summed E-state index contributed by atoms with van der Waals surface area (Å²) in [6.45, 7) is 15.8. The number of fused-ring (bicyclic) bond motifs is 1. The number of aromatic nitrogens is 3. The van der Waals surface area contributed by atoms with Gasteiger partial charge in [-0.15, -0.1) is 0 Å². The predicted molar refractivity (Wildman–Crippen MR) is 156 cm³/mol. The van der Waals surface area contributed by atoms with E-state index in [1.807, 2.05) is 42.7 Å². The van der Waals surface area contributed by atoms with Crippen LogP contribution in [0, 0.1) is 26.6 Å². The third-order valence-corrected chi connectivity index (χ3v) is 8.13. The molecule has 216 valence electrons. The molecule has 0 atom stereocenters. The highest BCUT2D eigenvalue weighted by atomic mass is 19.1. The molecule has 1 aromatic carbocycles. The van der Waals surface area contributed by atoms with Gasteiger partial charge in [-0.05, 0) is 63.9 Å². The molecule has 3 aromatic rings. The van der Waals surface area contributed by atoms with Gasteiger partial charge in [0.1, 0.15) is 17.3 Å². The number of carbonyl (C=O) groups excluding carboxylic acids is 2. The molecule has 5 rings (SSSR count). The molecule has 2 aliphatic rings. The number of pyridine rings is 1. The van der Waals surface area contributed by atoms with E-state index in [4.69, 9.17) is 9.72 Å². The fourth-order valence-electron chi connectivity index (χ4n) is 5.89. The summed E-state index contributed by atoms with van der Waals surface area (Å²) in [5, 5.41) is 0. The summed E-state index contributed by atoms with van der Waals surface area (Å²) in [5.74, 6) is 0.560. The van der Waals surface area contributed by atoms with Crippen LogP contribution in [0.3, 0.4) is 0 Å². The lowest BCUT2D eigenvalue weighted by Gasteiger charge is -2.47. The maximum absolute atomic E-state index is 14.4. The Morgan fingerprint density at radius 2 is 1.71 bits per heavy atom. The van der Waals surface area contributed by atoms with Crippen LogP contribution in [-0.4, -0.2) is 70.6 Å². The maximum atomic E-state index is 14.4. The van der Waals surface area contributed by atoms with Gasteiger partial charge in [-0.2, -0.15) is 0 Å². The fourth-order valence-corrected chi connectivity index (χ4v) is 5.89. The van der Waals surface area contributed by atoms with E-state index >= 15 is 0 Å². The van der Waals surface area contributed by atoms with E-state index in [9.17, 15) is 14.0 Å². The first-order valence-electron chi connectivity index (χ1n) is 13.8. The van der Waals surface area contributed by atoms with Gasteiger partial charge in [0, 0.05) is 37.3 Å². The molecule has 0 unspecified atom stereocenters. The number of piperazine rings is 1. The minimum absolute atomic E-state index is 0.179. The van der Waals surface area contributed by atoms with Crippen LogP contribution in [0.25, 0.3) is 0 Å². The van der Waals surface area contributed by atoms with Crippen molar-refractivity contribution < 1.29 is 18.7 Å². The van der Waals surface area contributed by atoms with Crippen LogP contribution >= 0.6 is 0 Å². The molecule has 10 heteroatoms. The van der Waals surface area contributed by atoms with Gasteiger partial charge >= 0.3 is 5.97 Å². The van der Waals surface area contributed by atoms with Crippen LogP contribution in [0.5, 0.6) is 0 Å². The Morgan fingerprint density at radius 3 is 2.34 bits per heavy atom. The number of carbonyl (C=O) groups is 2. The highest BCUT2D eigenvalue weighted by molar-refractivity contribution is 5.94. The van der Waals surface area contributed by atoms with Gasteiger partial charge in [0.15, 0.2) is 5.82 Å². The van der Waals surface area contributed by atoms with Crippen molar-refractivity contribution in [3.8, 4) is 0 Å². The average molecular weight is 561 g/mol. The summed E-state index contributed by atoms with van der Waals surface area (Å²) < 4.78 is 19.3. The number of aryl methyl sites for hydroxylation is 3. The van der Waals surface area contributed by atoms with Crippen LogP contribution < -0.4 is 9.80 Å². The number of methoxy groups -OCH3 is 1. The van der Waals surface area contributed by atoms with Crippen LogP contribution in [0.2, 0.25) is 0 Å². The van der Waals surface area contributed by atoms with Gasteiger partial charge in [0.25, 0.3) is 5.91 Å². The van der Waals surface area contributed by atoms with Crippen LogP contribution in [0.4, 0.5) is 21.7 Å². The molecule has 0 aliphatic carbocycles. The fraction of sp³-hybridized carbons (Fsp3) is 0.452. The van der Waals surface area contributed by atoms with Crippen LogP contribution in [0.1, 0.15) is 71.1 Å². The summed E-state index contributed by atoms with van der Waals surface area (Å²) >= 11 is 0. The van der Waals surface area contributed by atoms with Gasteiger partial charge in [0.05, 0.1) is 35.8 Å². The van der Waals surface area contributed by atoms with E-state index in [2.05, 4.69) is 28.7 Å². The van der Waals surface area contributed by atoms with Crippen LogP contribution in [-0.2, 0) is 10.2 Å². The number of nitrogens with zero attached hydrogens (tertiary/aromatic N) is 6. The average Bonchev–Trinajstić information content (AvgIpc) is 3.18. The number of amides is 1. The van der Waals surface area contributed by atoms with Gasteiger partial charge in [-0.1, -0.05) is 19.9 Å². The molecule has 0 saturated carbocycles. The second kappa shape index (κ2) is 10.1. The molecular formula is C31H37FN6O3. The first-order chi connectivity index (χ1) is 19.2. The van der Waals surface area contributed by atoms with Gasteiger partial charge in [-0.25, -0.2) is 24.1 Å². The SMILES string of the molecule is COC(=O)c1c(C)cc(N2CCN(C(=O)c3cnc4c(n3)C(C)(C)CN4c3ccc(C)c(F)c3)C(C)(C)C2)nc1C. The summed E-state index contributed by atoms with van der Waals surface area (Å²) in [5.41, 5.74) is 3.30. The Labute approximate surface area is 240 Å². The first-order valence-corrected chi connectivity index (χ1v) is 13.8. The van der Waals surface area contributed by atoms with Crippen molar-refractivity contribution in [2.75, 3.05) is 43.1 Å². The number of benzene rings is 1. The van der Waals surface area contributed by atoms with E-state index in [1.165, 1.54) is 19.4 Å². The third-order valence-electron chi connectivity index (χ3n) is 8.13. The van der Waals surface area contributed by atoms with Gasteiger partial charge in [-0.3, -0.25) is 4.79 Å². The maximum Gasteiger partial charge on any atom is 0.339 e. The lowest BCUT2D eigenvalue weighted by molar-refractivity contribution is 0.0505. The highest BCUT2D eigenvalue weighted by Crippen LogP contribution is 2.42. The molecule has 0 spiro atoms. The summed E-state index contributed by atoms with van der Waals surface area (Å²) in [4.78, 5) is 46.2. The Balaban J connectivity index is 1.39. The van der Waals surface area contributed by atoms with Crippen molar-refractivity contribution in [2.24, 2.45) is 0 Å². The number of esters is 1. The third kappa shape index (κ3) is 5.00. The number of rotatable bonds is 4. The summed E-state index contributed by atoms with van der Waals surface area (Å²) in [6.07, 6.45) is 1.53. The molecule has 1 amide bonds. The molecule has 0 radical (unpaired) electrons. The van der Waals surface area contributed by atoms with Crippen molar-refractivity contribution >= 4 is 29.2 Å². The van der Waals surface area contributed by atoms with Crippen molar-refractivity contribution in [3.05, 3.63) is 70.1 Å². The summed E-state index contributed by atoms with van der Waals surface area (Å²) in [7, 11) is 1.36. The smallest absolute Gasteiger partial charge is 0.339 e. The van der Waals surface area contributed by atoms with E-state index in [-0.39, 0.29) is 17.1 Å². The molecule has 2 aliphatic heterocycles. The Hall–Kier alpha value is -4.08. The minimum Gasteiger partial charge on any atom is -0.465 e. The zero-order valence-corrected chi connectivity index (χ0v) is 25.0. The van der Waals surface area contributed by atoms with Gasteiger partial charge < -0.3 is 19.4 Å². The lowest BCUT2D eigenvalue weighted by atomic mass is 9.92. The summed E-state index contributed by atoms with van der Waals surface area (Å²) in [6, 6.07) is 7.05. The second-order valence-electron chi connectivity index (χ2n) is 12.3. The minimum atomic E-state index is -0.526. The lowest BCUT2D eigenvalue weighted by Crippen LogP contribution is -2.61. The molecule has 4 heterocycles. The Kier molecular flexibility index (Phi) is 6.99. The number of hydrogen-bond donors (Lipinski definition) is 0. The highest BCUT2D eigenvalue weighted by Gasteiger charge is 2.42. The van der Waals surface area contributed by atoms with Crippen molar-refractivity contribution in [2.45, 2.75) is 59.4 Å². The number of halogens is 1. The van der Waals surface area contributed by atoms with Crippen molar-refractivity contribution in [1.29, 1.82) is 0 Å². The van der Waals surface area contributed by atoms with Gasteiger partial charge in [0.2, 0.25) is 0 Å². The number of hydrogen-bond acceptors (Lipinski definition) is 8. The second-order valence-corrected chi connectivity index (χ2v) is 12.3. The van der Waals surface area contributed by atoms with Crippen molar-refractivity contribution in [1.82, 2.24) is 19.9 Å². The van der Waals surface area contributed by atoms with E-state index in [0.717, 1.165) is 17.1 Å². The van der Waals surface area contributed by atoms with E-state index in [0.29, 0.717) is 60.2 Å². The molecule has 9 nitrogen and oxygen atoms in total. The molecule has 2 aromatic heterocycles. The largest absolute Gasteiger partial charge is 0.465 e. The topological polar surface area (TPSA) is 91.8 Å². The molecule has 1 saturated heterocycles. The van der Waals surface area contributed by atoms with Crippen molar-refractivity contribution in [3.63, 3.8) is 0 Å². The first kappa shape index (κ1) is 28.4. The normalized spacial score (nSPS) is 17.4. The Morgan fingerprint density at radius 1 is 0.976 bits per heavy atom. The predicted octanol–water partition coefficient (Wildman–Crippen LogP) is 4.89. The zero-order chi connectivity index (χ0) is 29.9. The zero-order valence-electron chi connectivity index (χ0n) is 25.0. The molecule has 41 heavy (non-hydrogen) atoms. The van der Waals surface area contributed by atoms with Crippen LogP contribution in [0.15, 0.2) is 30.5 Å². The quantitative estimate of drug-likeness (QED) is 0.417. The molecule has 1 fully saturated rings. The molecule has 0 bridgehead atoms. The number of ether oxygens (including phenoxy) is 1. The monoisotopic (exact) mass is 560 g/mol.